The highest BCUT2D eigenvalue weighted by Gasteiger charge is 2.15. The molecule has 1 aliphatic rings. The van der Waals surface area contributed by atoms with Crippen LogP contribution in [0.15, 0.2) is 47.6 Å². The van der Waals surface area contributed by atoms with Crippen LogP contribution in [0.4, 0.5) is 5.69 Å². The van der Waals surface area contributed by atoms with Crippen LogP contribution in [0.3, 0.4) is 0 Å². The minimum absolute atomic E-state index is 0.160. The second-order valence-corrected chi connectivity index (χ2v) is 7.48. The third-order valence-electron chi connectivity index (χ3n) is 4.65. The Morgan fingerprint density at radius 3 is 2.86 bits per heavy atom. The Hall–Kier alpha value is -3.33. The molecule has 5 rings (SSSR count). The molecule has 29 heavy (non-hydrogen) atoms. The van der Waals surface area contributed by atoms with Gasteiger partial charge in [0, 0.05) is 24.2 Å². The average Bonchev–Trinajstić information content (AvgIpc) is 3.04. The zero-order valence-electron chi connectivity index (χ0n) is 15.6. The van der Waals surface area contributed by atoms with E-state index in [0.29, 0.717) is 35.6 Å². The molecule has 0 saturated carbocycles. The van der Waals surface area contributed by atoms with Gasteiger partial charge < -0.3 is 19.4 Å². The number of hydrogen-bond acceptors (Lipinski definition) is 7. The molecule has 4 aromatic rings. The summed E-state index contributed by atoms with van der Waals surface area (Å²) in [6.07, 6.45) is 0. The number of rotatable bonds is 4. The highest BCUT2D eigenvalue weighted by Crippen LogP contribution is 2.32. The van der Waals surface area contributed by atoms with Crippen LogP contribution >= 0.6 is 11.8 Å². The van der Waals surface area contributed by atoms with Gasteiger partial charge in [-0.15, -0.1) is 10.2 Å². The Morgan fingerprint density at radius 1 is 1.14 bits per heavy atom. The molecule has 0 radical (unpaired) electrons. The van der Waals surface area contributed by atoms with Crippen molar-refractivity contribution in [1.82, 2.24) is 19.7 Å². The molecule has 3 heterocycles. The highest BCUT2D eigenvalue weighted by atomic mass is 32.2. The summed E-state index contributed by atoms with van der Waals surface area (Å²) < 4.78 is 13.0. The summed E-state index contributed by atoms with van der Waals surface area (Å²) in [6.45, 7) is 1.03. The molecule has 0 spiro atoms. The zero-order valence-corrected chi connectivity index (χ0v) is 16.4. The lowest BCUT2D eigenvalue weighted by molar-refractivity contribution is -0.113. The number of benzene rings is 2. The summed E-state index contributed by atoms with van der Waals surface area (Å²) in [4.78, 5) is 16.9. The van der Waals surface area contributed by atoms with Crippen molar-refractivity contribution < 1.29 is 14.3 Å². The number of aromatic nitrogens is 4. The Morgan fingerprint density at radius 2 is 1.97 bits per heavy atom. The van der Waals surface area contributed by atoms with Crippen molar-refractivity contribution in [2.24, 2.45) is 7.05 Å². The summed E-state index contributed by atoms with van der Waals surface area (Å²) >= 11 is 1.24. The summed E-state index contributed by atoms with van der Waals surface area (Å²) in [5.41, 5.74) is 3.20. The second kappa shape index (κ2) is 7.25. The molecule has 0 fully saturated rings. The van der Waals surface area contributed by atoms with E-state index in [1.54, 1.807) is 18.2 Å². The number of para-hydroxylation sites is 1. The van der Waals surface area contributed by atoms with E-state index in [1.165, 1.54) is 11.8 Å². The predicted octanol–water partition coefficient (Wildman–Crippen LogP) is 3.02. The maximum atomic E-state index is 12.3. The smallest absolute Gasteiger partial charge is 0.234 e. The second-order valence-electron chi connectivity index (χ2n) is 6.54. The third kappa shape index (κ3) is 3.33. The van der Waals surface area contributed by atoms with E-state index in [0.717, 1.165) is 22.1 Å². The lowest BCUT2D eigenvalue weighted by Crippen LogP contribution is -2.17. The molecule has 2 aromatic heterocycles. The van der Waals surface area contributed by atoms with Crippen molar-refractivity contribution in [1.29, 1.82) is 0 Å². The van der Waals surface area contributed by atoms with E-state index in [4.69, 9.17) is 9.47 Å². The van der Waals surface area contributed by atoms with Crippen LogP contribution in [0.2, 0.25) is 0 Å². The standard InChI is InChI=1S/C20H17N5O3S/c1-25-14-5-3-2-4-13(14)18-19(25)22-20(24-23-18)29-11-17(26)21-12-6-7-15-16(10-12)28-9-8-27-15/h2-7,10H,8-9,11H2,1H3,(H,21,26). The fourth-order valence-corrected chi connectivity index (χ4v) is 3.88. The first kappa shape index (κ1) is 17.7. The summed E-state index contributed by atoms with van der Waals surface area (Å²) in [5, 5.41) is 12.8. The van der Waals surface area contributed by atoms with Crippen molar-refractivity contribution in [2.45, 2.75) is 5.16 Å². The van der Waals surface area contributed by atoms with Crippen LogP contribution < -0.4 is 14.8 Å². The molecule has 0 bridgehead atoms. The van der Waals surface area contributed by atoms with Gasteiger partial charge in [-0.05, 0) is 18.2 Å². The van der Waals surface area contributed by atoms with E-state index >= 15 is 0 Å². The van der Waals surface area contributed by atoms with Gasteiger partial charge in [-0.3, -0.25) is 4.79 Å². The van der Waals surface area contributed by atoms with Gasteiger partial charge in [0.15, 0.2) is 17.1 Å². The van der Waals surface area contributed by atoms with Gasteiger partial charge in [0.25, 0.3) is 0 Å². The largest absolute Gasteiger partial charge is 0.486 e. The Bertz CT molecular complexity index is 1240. The summed E-state index contributed by atoms with van der Waals surface area (Å²) in [6, 6.07) is 13.3. The summed E-state index contributed by atoms with van der Waals surface area (Å²) in [5.74, 6) is 1.33. The van der Waals surface area contributed by atoms with Gasteiger partial charge in [0.1, 0.15) is 18.7 Å². The number of thioether (sulfide) groups is 1. The van der Waals surface area contributed by atoms with Crippen LogP contribution in [-0.4, -0.2) is 44.6 Å². The van der Waals surface area contributed by atoms with Crippen molar-refractivity contribution in [3.8, 4) is 11.5 Å². The molecule has 8 nitrogen and oxygen atoms in total. The molecule has 1 N–H and O–H groups in total. The van der Waals surface area contributed by atoms with Gasteiger partial charge in [0.2, 0.25) is 11.1 Å². The van der Waals surface area contributed by atoms with Crippen molar-refractivity contribution in [3.05, 3.63) is 42.5 Å². The van der Waals surface area contributed by atoms with E-state index in [9.17, 15) is 4.79 Å². The molecule has 1 amide bonds. The van der Waals surface area contributed by atoms with Crippen molar-refractivity contribution >= 4 is 45.4 Å². The molecule has 0 atom stereocenters. The number of hydrogen-bond donors (Lipinski definition) is 1. The third-order valence-corrected chi connectivity index (χ3v) is 5.48. The van der Waals surface area contributed by atoms with Crippen molar-refractivity contribution in [2.75, 3.05) is 24.3 Å². The number of ether oxygens (including phenoxy) is 2. The lowest BCUT2D eigenvalue weighted by atomic mass is 10.2. The Balaban J connectivity index is 1.29. The number of nitrogens with one attached hydrogen (secondary N) is 1. The first-order valence-electron chi connectivity index (χ1n) is 9.09. The molecular formula is C20H17N5O3S. The molecule has 146 valence electrons. The Kier molecular flexibility index (Phi) is 4.44. The van der Waals surface area contributed by atoms with Crippen LogP contribution in [0, 0.1) is 0 Å². The van der Waals surface area contributed by atoms with Gasteiger partial charge >= 0.3 is 0 Å². The van der Waals surface area contributed by atoms with E-state index in [2.05, 4.69) is 20.5 Å². The van der Waals surface area contributed by atoms with E-state index in [1.807, 2.05) is 35.9 Å². The van der Waals surface area contributed by atoms with E-state index < -0.39 is 0 Å². The highest BCUT2D eigenvalue weighted by molar-refractivity contribution is 7.99. The minimum Gasteiger partial charge on any atom is -0.486 e. The molecule has 1 aliphatic heterocycles. The topological polar surface area (TPSA) is 91.2 Å². The molecule has 2 aromatic carbocycles. The van der Waals surface area contributed by atoms with Crippen LogP contribution in [0.25, 0.3) is 22.1 Å². The van der Waals surface area contributed by atoms with Gasteiger partial charge in [0.05, 0.1) is 11.3 Å². The van der Waals surface area contributed by atoms with E-state index in [-0.39, 0.29) is 11.7 Å². The van der Waals surface area contributed by atoms with Crippen molar-refractivity contribution in [3.63, 3.8) is 0 Å². The first-order chi connectivity index (χ1) is 14.2. The molecule has 0 unspecified atom stereocenters. The number of amides is 1. The SMILES string of the molecule is Cn1c2ccccc2c2nnc(SCC(=O)Nc3ccc4c(c3)OCCO4)nc21. The monoisotopic (exact) mass is 407 g/mol. The normalized spacial score (nSPS) is 13.0. The number of nitrogens with zero attached hydrogens (tertiary/aromatic N) is 4. The van der Waals surface area contributed by atoms with Gasteiger partial charge in [-0.25, -0.2) is 4.98 Å². The fraction of sp³-hybridized carbons (Fsp3) is 0.200. The molecule has 0 saturated heterocycles. The van der Waals surface area contributed by atoms with Gasteiger partial charge in [-0.1, -0.05) is 30.0 Å². The van der Waals surface area contributed by atoms with Crippen LogP contribution in [0.1, 0.15) is 0 Å². The van der Waals surface area contributed by atoms with Crippen LogP contribution in [-0.2, 0) is 11.8 Å². The average molecular weight is 407 g/mol. The number of fused-ring (bicyclic) bond motifs is 4. The Labute approximate surface area is 170 Å². The van der Waals surface area contributed by atoms with Gasteiger partial charge in [-0.2, -0.15) is 0 Å². The quantitative estimate of drug-likeness (QED) is 0.520. The number of carbonyl (C=O) groups is 1. The maximum Gasteiger partial charge on any atom is 0.234 e. The first-order valence-corrected chi connectivity index (χ1v) is 10.1. The fourth-order valence-electron chi connectivity index (χ4n) is 3.30. The number of anilines is 1. The predicted molar refractivity (Wildman–Crippen MR) is 111 cm³/mol. The molecule has 0 aliphatic carbocycles. The summed E-state index contributed by atoms with van der Waals surface area (Å²) in [7, 11) is 1.95. The zero-order chi connectivity index (χ0) is 19.8. The maximum absolute atomic E-state index is 12.3. The number of aryl methyl sites for hydroxylation is 1. The number of carbonyl (C=O) groups excluding carboxylic acids is 1. The van der Waals surface area contributed by atoms with Crippen LogP contribution in [0.5, 0.6) is 11.5 Å². The minimum atomic E-state index is -0.160. The molecular weight excluding hydrogens is 390 g/mol. The molecule has 9 heteroatoms. The lowest BCUT2D eigenvalue weighted by Gasteiger charge is -2.18.